The highest BCUT2D eigenvalue weighted by atomic mass is 16.5. The molecular formula is C6H8O2. The Morgan fingerprint density at radius 1 is 2.00 bits per heavy atom. The van der Waals surface area contributed by atoms with E-state index in [0.717, 1.165) is 6.29 Å². The van der Waals surface area contributed by atoms with E-state index in [1.54, 1.807) is 0 Å². The van der Waals surface area contributed by atoms with Crippen LogP contribution >= 0.6 is 0 Å². The van der Waals surface area contributed by atoms with Crippen molar-refractivity contribution in [3.63, 3.8) is 0 Å². The van der Waals surface area contributed by atoms with Crippen LogP contribution in [0.15, 0.2) is 11.8 Å². The van der Waals surface area contributed by atoms with Crippen molar-refractivity contribution in [1.82, 2.24) is 0 Å². The highest BCUT2D eigenvalue weighted by molar-refractivity contribution is 5.70. The van der Waals surface area contributed by atoms with E-state index in [2.05, 4.69) is 0 Å². The molecule has 1 aliphatic rings. The van der Waals surface area contributed by atoms with Gasteiger partial charge in [-0.05, 0) is 6.08 Å². The van der Waals surface area contributed by atoms with Crippen molar-refractivity contribution in [3.8, 4) is 0 Å². The number of allylic oxidation sites excluding steroid dienone is 1. The molecule has 0 aliphatic carbocycles. The molecule has 2 heteroatoms. The summed E-state index contributed by atoms with van der Waals surface area (Å²) in [5, 5.41) is 0. The topological polar surface area (TPSA) is 26.3 Å². The highest BCUT2D eigenvalue weighted by Crippen LogP contribution is 2.12. The Balaban J connectivity index is 2.56. The average Bonchev–Trinajstić information content (AvgIpc) is 2.14. The average molecular weight is 112 g/mol. The third-order valence-electron chi connectivity index (χ3n) is 1.08. The molecule has 1 rings (SSSR count). The predicted molar refractivity (Wildman–Crippen MR) is 29.3 cm³/mol. The van der Waals surface area contributed by atoms with Crippen LogP contribution in [0.4, 0.5) is 0 Å². The Labute approximate surface area is 48.1 Å². The molecule has 0 saturated carbocycles. The Morgan fingerprint density at radius 2 is 2.75 bits per heavy atom. The van der Waals surface area contributed by atoms with Crippen LogP contribution < -0.4 is 0 Å². The first-order valence-corrected chi connectivity index (χ1v) is 2.62. The van der Waals surface area contributed by atoms with Gasteiger partial charge in [0.2, 0.25) is 0 Å². The molecule has 0 aromatic carbocycles. The number of hydrogen-bond donors (Lipinski definition) is 0. The number of hydrogen-bond acceptors (Lipinski definition) is 2. The van der Waals surface area contributed by atoms with Gasteiger partial charge in [0.25, 0.3) is 0 Å². The standard InChI is InChI=1S/C6H8O2/c1-5-2-6(3-7)8-4-5/h2-3,5H,4H2,1H3. The second-order valence-corrected chi connectivity index (χ2v) is 1.98. The molecule has 0 saturated heterocycles. The summed E-state index contributed by atoms with van der Waals surface area (Å²) in [7, 11) is 0. The fourth-order valence-corrected chi connectivity index (χ4v) is 0.678. The van der Waals surface area contributed by atoms with Crippen molar-refractivity contribution in [2.24, 2.45) is 5.92 Å². The van der Waals surface area contributed by atoms with Gasteiger partial charge in [0.05, 0.1) is 6.61 Å². The van der Waals surface area contributed by atoms with Gasteiger partial charge in [0, 0.05) is 5.92 Å². The summed E-state index contributed by atoms with van der Waals surface area (Å²) in [6.07, 6.45) is 2.57. The van der Waals surface area contributed by atoms with Gasteiger partial charge in [-0.2, -0.15) is 0 Å². The summed E-state index contributed by atoms with van der Waals surface area (Å²) >= 11 is 0. The summed E-state index contributed by atoms with van der Waals surface area (Å²) < 4.78 is 4.91. The molecule has 0 fully saturated rings. The Morgan fingerprint density at radius 3 is 3.00 bits per heavy atom. The number of carbonyl (C=O) groups is 1. The lowest BCUT2D eigenvalue weighted by Gasteiger charge is -1.92. The SMILES string of the molecule is CC1C=C(C=O)OC1. The van der Waals surface area contributed by atoms with Crippen molar-refractivity contribution < 1.29 is 9.53 Å². The summed E-state index contributed by atoms with van der Waals surface area (Å²) in [6.45, 7) is 2.67. The molecule has 0 radical (unpaired) electrons. The zero-order valence-corrected chi connectivity index (χ0v) is 4.76. The van der Waals surface area contributed by atoms with E-state index in [1.165, 1.54) is 0 Å². The maximum atomic E-state index is 9.96. The van der Waals surface area contributed by atoms with Crippen LogP contribution in [-0.2, 0) is 9.53 Å². The second-order valence-electron chi connectivity index (χ2n) is 1.98. The van der Waals surface area contributed by atoms with Gasteiger partial charge in [0.1, 0.15) is 0 Å². The van der Waals surface area contributed by atoms with Crippen LogP contribution in [0.3, 0.4) is 0 Å². The van der Waals surface area contributed by atoms with Crippen LogP contribution in [0, 0.1) is 5.92 Å². The first-order chi connectivity index (χ1) is 3.83. The van der Waals surface area contributed by atoms with E-state index >= 15 is 0 Å². The number of aldehydes is 1. The monoisotopic (exact) mass is 112 g/mol. The lowest BCUT2D eigenvalue weighted by atomic mass is 10.2. The van der Waals surface area contributed by atoms with Gasteiger partial charge in [0.15, 0.2) is 12.0 Å². The first kappa shape index (κ1) is 5.35. The molecule has 1 heterocycles. The van der Waals surface area contributed by atoms with Crippen molar-refractivity contribution in [2.75, 3.05) is 6.61 Å². The minimum atomic E-state index is 0.412. The van der Waals surface area contributed by atoms with Crippen LogP contribution in [0.1, 0.15) is 6.92 Å². The lowest BCUT2D eigenvalue weighted by molar-refractivity contribution is -0.107. The van der Waals surface area contributed by atoms with Gasteiger partial charge < -0.3 is 4.74 Å². The van der Waals surface area contributed by atoms with Crippen LogP contribution in [0.5, 0.6) is 0 Å². The molecule has 1 atom stereocenters. The van der Waals surface area contributed by atoms with Crippen molar-refractivity contribution in [2.45, 2.75) is 6.92 Å². The molecule has 0 spiro atoms. The molecule has 1 unspecified atom stereocenters. The summed E-state index contributed by atoms with van der Waals surface area (Å²) in [6, 6.07) is 0. The van der Waals surface area contributed by atoms with Gasteiger partial charge in [-0.3, -0.25) is 4.79 Å². The van der Waals surface area contributed by atoms with E-state index in [1.807, 2.05) is 13.0 Å². The molecule has 44 valence electrons. The summed E-state index contributed by atoms with van der Waals surface area (Å²) in [5.74, 6) is 0.896. The minimum Gasteiger partial charge on any atom is -0.490 e. The van der Waals surface area contributed by atoms with Crippen molar-refractivity contribution >= 4 is 6.29 Å². The fraction of sp³-hybridized carbons (Fsp3) is 0.500. The quantitative estimate of drug-likeness (QED) is 0.467. The second kappa shape index (κ2) is 1.99. The smallest absolute Gasteiger partial charge is 0.184 e. The Bertz CT molecular complexity index is 126. The van der Waals surface area contributed by atoms with E-state index < -0.39 is 0 Å². The molecule has 1 aliphatic heterocycles. The predicted octanol–water partition coefficient (Wildman–Crippen LogP) is 0.736. The largest absolute Gasteiger partial charge is 0.490 e. The van der Waals surface area contributed by atoms with Crippen LogP contribution in [0.2, 0.25) is 0 Å². The normalized spacial score (nSPS) is 26.6. The first-order valence-electron chi connectivity index (χ1n) is 2.62. The van der Waals surface area contributed by atoms with E-state index in [-0.39, 0.29) is 0 Å². The molecule has 0 bridgehead atoms. The zero-order chi connectivity index (χ0) is 5.98. The van der Waals surface area contributed by atoms with E-state index in [0.29, 0.717) is 18.3 Å². The highest BCUT2D eigenvalue weighted by Gasteiger charge is 2.10. The summed E-state index contributed by atoms with van der Waals surface area (Å²) in [4.78, 5) is 9.96. The van der Waals surface area contributed by atoms with Crippen molar-refractivity contribution in [1.29, 1.82) is 0 Å². The Kier molecular flexibility index (Phi) is 1.33. The van der Waals surface area contributed by atoms with E-state index in [4.69, 9.17) is 4.74 Å². The maximum absolute atomic E-state index is 9.96. The molecular weight excluding hydrogens is 104 g/mol. The number of ether oxygens (including phenoxy) is 1. The zero-order valence-electron chi connectivity index (χ0n) is 4.76. The molecule has 0 aromatic heterocycles. The van der Waals surface area contributed by atoms with E-state index in [9.17, 15) is 4.79 Å². The number of carbonyl (C=O) groups excluding carboxylic acids is 1. The molecule has 2 nitrogen and oxygen atoms in total. The Hall–Kier alpha value is -0.790. The molecule has 0 N–H and O–H groups in total. The number of rotatable bonds is 1. The molecule has 8 heavy (non-hydrogen) atoms. The molecule has 0 amide bonds. The minimum absolute atomic E-state index is 0.412. The fourth-order valence-electron chi connectivity index (χ4n) is 0.678. The van der Waals surface area contributed by atoms with Crippen LogP contribution in [-0.4, -0.2) is 12.9 Å². The van der Waals surface area contributed by atoms with Gasteiger partial charge >= 0.3 is 0 Å². The third kappa shape index (κ3) is 0.886. The van der Waals surface area contributed by atoms with Gasteiger partial charge in [-0.25, -0.2) is 0 Å². The lowest BCUT2D eigenvalue weighted by Crippen LogP contribution is -1.90. The maximum Gasteiger partial charge on any atom is 0.184 e. The molecule has 0 aromatic rings. The van der Waals surface area contributed by atoms with Crippen molar-refractivity contribution in [3.05, 3.63) is 11.8 Å². The van der Waals surface area contributed by atoms with Gasteiger partial charge in [-0.15, -0.1) is 0 Å². The van der Waals surface area contributed by atoms with Gasteiger partial charge in [-0.1, -0.05) is 6.92 Å². The summed E-state index contributed by atoms with van der Waals surface area (Å²) in [5.41, 5.74) is 0. The van der Waals surface area contributed by atoms with Crippen LogP contribution in [0.25, 0.3) is 0 Å². The third-order valence-corrected chi connectivity index (χ3v) is 1.08.